The van der Waals surface area contributed by atoms with Gasteiger partial charge >= 0.3 is 0 Å². The molecule has 4 N–H and O–H groups in total. The molecule has 1 aromatic rings. The van der Waals surface area contributed by atoms with Crippen LogP contribution in [-0.2, 0) is 0 Å². The highest BCUT2D eigenvalue weighted by molar-refractivity contribution is 5.95. The molecule has 1 amide bonds. The van der Waals surface area contributed by atoms with Crippen LogP contribution in [-0.4, -0.2) is 23.7 Å². The molecule has 0 saturated carbocycles. The summed E-state index contributed by atoms with van der Waals surface area (Å²) in [6, 6.07) is 3.60. The molecule has 1 aromatic carbocycles. The smallest absolute Gasteiger partial charge is 0.254 e. The van der Waals surface area contributed by atoms with Gasteiger partial charge in [-0.3, -0.25) is 4.79 Å². The van der Waals surface area contributed by atoms with Gasteiger partial charge in [-0.15, -0.1) is 0 Å². The Morgan fingerprint density at radius 3 is 2.76 bits per heavy atom. The maximum Gasteiger partial charge on any atom is 0.254 e. The van der Waals surface area contributed by atoms with Crippen molar-refractivity contribution in [2.24, 2.45) is 5.92 Å². The number of nitrogens with one attached hydrogen (secondary N) is 1. The zero-order valence-corrected chi connectivity index (χ0v) is 9.90. The van der Waals surface area contributed by atoms with E-state index in [4.69, 9.17) is 10.8 Å². The summed E-state index contributed by atoms with van der Waals surface area (Å²) in [5, 5.41) is 11.6. The monoisotopic (exact) mass is 240 g/mol. The first-order valence-corrected chi connectivity index (χ1v) is 5.42. The van der Waals surface area contributed by atoms with Crippen LogP contribution in [0.25, 0.3) is 0 Å². The second-order valence-corrected chi connectivity index (χ2v) is 4.16. The van der Waals surface area contributed by atoms with Crippen molar-refractivity contribution in [1.82, 2.24) is 5.32 Å². The van der Waals surface area contributed by atoms with E-state index in [9.17, 15) is 9.18 Å². The summed E-state index contributed by atoms with van der Waals surface area (Å²) in [5.74, 6) is -1.23. The van der Waals surface area contributed by atoms with Gasteiger partial charge in [0.2, 0.25) is 0 Å². The number of nitrogen functional groups attached to an aromatic ring is 1. The van der Waals surface area contributed by atoms with Crippen LogP contribution in [0.15, 0.2) is 18.2 Å². The first-order chi connectivity index (χ1) is 7.95. The van der Waals surface area contributed by atoms with E-state index < -0.39 is 11.7 Å². The van der Waals surface area contributed by atoms with Crippen molar-refractivity contribution in [3.05, 3.63) is 29.6 Å². The Hall–Kier alpha value is -1.62. The van der Waals surface area contributed by atoms with E-state index in [2.05, 4.69) is 5.32 Å². The number of anilines is 1. The molecule has 2 atom stereocenters. The highest BCUT2D eigenvalue weighted by Gasteiger charge is 2.17. The van der Waals surface area contributed by atoms with E-state index in [0.29, 0.717) is 5.69 Å². The van der Waals surface area contributed by atoms with Crippen molar-refractivity contribution in [2.75, 3.05) is 12.3 Å². The van der Waals surface area contributed by atoms with E-state index in [1.54, 1.807) is 13.8 Å². The minimum absolute atomic E-state index is 0.0408. The summed E-state index contributed by atoms with van der Waals surface area (Å²) >= 11 is 0. The number of nitrogens with two attached hydrogens (primary N) is 1. The van der Waals surface area contributed by atoms with Crippen molar-refractivity contribution in [3.63, 3.8) is 0 Å². The quantitative estimate of drug-likeness (QED) is 0.691. The highest BCUT2D eigenvalue weighted by Crippen LogP contribution is 2.12. The molecule has 0 aliphatic heterocycles. The van der Waals surface area contributed by atoms with Gasteiger partial charge in [0.05, 0.1) is 5.56 Å². The van der Waals surface area contributed by atoms with Gasteiger partial charge in [0, 0.05) is 18.3 Å². The SMILES string of the molecule is CC(CO)C(C)NC(=O)c1cc(N)ccc1F. The molecule has 0 aliphatic rings. The topological polar surface area (TPSA) is 75.3 Å². The Balaban J connectivity index is 2.79. The molecule has 4 nitrogen and oxygen atoms in total. The standard InChI is InChI=1S/C12H17FN2O2/c1-7(6-16)8(2)15-12(17)10-5-9(14)3-4-11(10)13/h3-5,7-8,16H,6,14H2,1-2H3,(H,15,17). The summed E-state index contributed by atoms with van der Waals surface area (Å²) in [4.78, 5) is 11.8. The fourth-order valence-electron chi connectivity index (χ4n) is 1.30. The number of amides is 1. The molecule has 0 radical (unpaired) electrons. The summed E-state index contributed by atoms with van der Waals surface area (Å²) in [6.07, 6.45) is 0. The molecule has 0 aliphatic carbocycles. The van der Waals surface area contributed by atoms with Gasteiger partial charge in [-0.05, 0) is 31.0 Å². The van der Waals surface area contributed by atoms with Gasteiger partial charge in [0.1, 0.15) is 5.82 Å². The van der Waals surface area contributed by atoms with Gasteiger partial charge in [0.25, 0.3) is 5.91 Å². The Morgan fingerprint density at radius 2 is 2.18 bits per heavy atom. The molecular formula is C12H17FN2O2. The number of hydrogen-bond donors (Lipinski definition) is 3. The second-order valence-electron chi connectivity index (χ2n) is 4.16. The predicted octanol–water partition coefficient (Wildman–Crippen LogP) is 1.15. The fraction of sp³-hybridized carbons (Fsp3) is 0.417. The Morgan fingerprint density at radius 1 is 1.53 bits per heavy atom. The van der Waals surface area contributed by atoms with Crippen LogP contribution >= 0.6 is 0 Å². The van der Waals surface area contributed by atoms with Crippen molar-refractivity contribution in [2.45, 2.75) is 19.9 Å². The van der Waals surface area contributed by atoms with Gasteiger partial charge < -0.3 is 16.2 Å². The van der Waals surface area contributed by atoms with Gasteiger partial charge in [0.15, 0.2) is 0 Å². The lowest BCUT2D eigenvalue weighted by Crippen LogP contribution is -2.38. The maximum absolute atomic E-state index is 13.4. The van der Waals surface area contributed by atoms with Crippen molar-refractivity contribution < 1.29 is 14.3 Å². The van der Waals surface area contributed by atoms with Crippen LogP contribution in [0.5, 0.6) is 0 Å². The molecule has 0 fully saturated rings. The Labute approximate surface area is 99.6 Å². The number of hydrogen-bond acceptors (Lipinski definition) is 3. The van der Waals surface area contributed by atoms with Gasteiger partial charge in [-0.1, -0.05) is 6.92 Å². The molecule has 94 valence electrons. The largest absolute Gasteiger partial charge is 0.399 e. The summed E-state index contributed by atoms with van der Waals surface area (Å²) < 4.78 is 13.4. The molecule has 1 rings (SSSR count). The number of carbonyl (C=O) groups is 1. The zero-order chi connectivity index (χ0) is 13.0. The summed E-state index contributed by atoms with van der Waals surface area (Å²) in [5.41, 5.74) is 5.75. The Bertz CT molecular complexity index is 409. The van der Waals surface area contributed by atoms with Crippen molar-refractivity contribution in [3.8, 4) is 0 Å². The molecular weight excluding hydrogens is 223 g/mol. The first kappa shape index (κ1) is 13.4. The van der Waals surface area contributed by atoms with E-state index in [0.717, 1.165) is 6.07 Å². The van der Waals surface area contributed by atoms with Gasteiger partial charge in [-0.2, -0.15) is 0 Å². The number of rotatable bonds is 4. The van der Waals surface area contributed by atoms with Crippen LogP contribution in [0.4, 0.5) is 10.1 Å². The third-order valence-corrected chi connectivity index (χ3v) is 2.74. The van der Waals surface area contributed by atoms with E-state index in [1.165, 1.54) is 12.1 Å². The molecule has 5 heteroatoms. The molecule has 0 heterocycles. The lowest BCUT2D eigenvalue weighted by molar-refractivity contribution is 0.0912. The molecule has 17 heavy (non-hydrogen) atoms. The number of carbonyl (C=O) groups excluding carboxylic acids is 1. The lowest BCUT2D eigenvalue weighted by Gasteiger charge is -2.19. The third-order valence-electron chi connectivity index (χ3n) is 2.74. The number of aliphatic hydroxyl groups excluding tert-OH is 1. The average molecular weight is 240 g/mol. The normalized spacial score (nSPS) is 14.1. The Kier molecular flexibility index (Phi) is 4.45. The van der Waals surface area contributed by atoms with Crippen LogP contribution in [0.1, 0.15) is 24.2 Å². The molecule has 2 unspecified atom stereocenters. The number of aliphatic hydroxyl groups is 1. The van der Waals surface area contributed by atoms with Crippen LogP contribution in [0.2, 0.25) is 0 Å². The van der Waals surface area contributed by atoms with E-state index in [-0.39, 0.29) is 24.1 Å². The maximum atomic E-state index is 13.4. The molecule has 0 bridgehead atoms. The predicted molar refractivity (Wildman–Crippen MR) is 64.0 cm³/mol. The highest BCUT2D eigenvalue weighted by atomic mass is 19.1. The van der Waals surface area contributed by atoms with Gasteiger partial charge in [-0.25, -0.2) is 4.39 Å². The summed E-state index contributed by atoms with van der Waals surface area (Å²) in [7, 11) is 0. The van der Waals surface area contributed by atoms with E-state index >= 15 is 0 Å². The fourth-order valence-corrected chi connectivity index (χ4v) is 1.30. The van der Waals surface area contributed by atoms with Crippen molar-refractivity contribution >= 4 is 11.6 Å². The van der Waals surface area contributed by atoms with Crippen LogP contribution < -0.4 is 11.1 Å². The average Bonchev–Trinajstić information content (AvgIpc) is 2.30. The first-order valence-electron chi connectivity index (χ1n) is 5.42. The number of benzene rings is 1. The summed E-state index contributed by atoms with van der Waals surface area (Å²) in [6.45, 7) is 3.50. The van der Waals surface area contributed by atoms with E-state index in [1.807, 2.05) is 0 Å². The minimum Gasteiger partial charge on any atom is -0.399 e. The van der Waals surface area contributed by atoms with Crippen LogP contribution in [0, 0.1) is 11.7 Å². The minimum atomic E-state index is -0.611. The molecule has 0 spiro atoms. The van der Waals surface area contributed by atoms with Crippen molar-refractivity contribution in [1.29, 1.82) is 0 Å². The third kappa shape index (κ3) is 3.42. The second kappa shape index (κ2) is 5.63. The lowest BCUT2D eigenvalue weighted by atomic mass is 10.0. The van der Waals surface area contributed by atoms with Crippen LogP contribution in [0.3, 0.4) is 0 Å². The number of halogens is 1. The zero-order valence-electron chi connectivity index (χ0n) is 9.90. The molecule has 0 aromatic heterocycles. The molecule has 0 saturated heterocycles.